The predicted octanol–water partition coefficient (Wildman–Crippen LogP) is 2.59. The van der Waals surface area contributed by atoms with Crippen molar-refractivity contribution in [3.63, 3.8) is 0 Å². The first kappa shape index (κ1) is 17.1. The normalized spacial score (nSPS) is 15.2. The second-order valence-corrected chi connectivity index (χ2v) is 6.47. The van der Waals surface area contributed by atoms with Gasteiger partial charge in [0.15, 0.2) is 0 Å². The number of nitrogens with zero attached hydrogens (tertiary/aromatic N) is 5. The van der Waals surface area contributed by atoms with Crippen LogP contribution in [0, 0.1) is 0 Å². The summed E-state index contributed by atoms with van der Waals surface area (Å²) in [6.45, 7) is -0.0295. The number of hydrogen-bond acceptors (Lipinski definition) is 5. The van der Waals surface area contributed by atoms with Crippen LogP contribution >= 0.6 is 0 Å². The van der Waals surface area contributed by atoms with E-state index in [1.807, 2.05) is 42.5 Å². The number of fused-ring (bicyclic) bond motifs is 1. The summed E-state index contributed by atoms with van der Waals surface area (Å²) in [4.78, 5) is 13.5. The van der Waals surface area contributed by atoms with Crippen LogP contribution in [0.3, 0.4) is 0 Å². The molecule has 0 atom stereocenters. The number of benzene rings is 2. The number of hydrogen-bond donors (Lipinski definition) is 1. The molecule has 1 N–H and O–H groups in total. The molecule has 1 aliphatic carbocycles. The van der Waals surface area contributed by atoms with E-state index >= 15 is 0 Å². The first-order valence-electron chi connectivity index (χ1n) is 9.06. The van der Waals surface area contributed by atoms with E-state index in [9.17, 15) is 4.79 Å². The van der Waals surface area contributed by atoms with Crippen LogP contribution in [0.2, 0.25) is 0 Å². The van der Waals surface area contributed by atoms with Gasteiger partial charge in [-0.05, 0) is 36.5 Å². The Morgan fingerprint density at radius 1 is 1.04 bits per heavy atom. The highest BCUT2D eigenvalue weighted by molar-refractivity contribution is 6.02. The van der Waals surface area contributed by atoms with E-state index in [0.717, 1.165) is 42.5 Å². The zero-order valence-electron chi connectivity index (χ0n) is 14.9. The highest BCUT2D eigenvalue weighted by Gasteiger charge is 2.14. The fraction of sp³-hybridized carbons (Fsp3) is 0.250. The Morgan fingerprint density at radius 3 is 2.70 bits per heavy atom. The van der Waals surface area contributed by atoms with Gasteiger partial charge in [0, 0.05) is 11.1 Å². The molecule has 7 heteroatoms. The van der Waals surface area contributed by atoms with E-state index in [2.05, 4.69) is 38.1 Å². The number of aryl methyl sites for hydroxylation is 1. The Labute approximate surface area is 157 Å². The van der Waals surface area contributed by atoms with E-state index < -0.39 is 0 Å². The van der Waals surface area contributed by atoms with E-state index in [1.54, 1.807) is 0 Å². The minimum Gasteiger partial charge on any atom is -0.271 e. The quantitative estimate of drug-likeness (QED) is 0.572. The molecule has 0 saturated carbocycles. The Bertz CT molecular complexity index is 963. The lowest BCUT2D eigenvalue weighted by Gasteiger charge is -2.07. The number of nitrogens with one attached hydrogen (secondary N) is 1. The molecular weight excluding hydrogens is 340 g/mol. The average Bonchev–Trinajstić information content (AvgIpc) is 3.07. The second kappa shape index (κ2) is 7.90. The monoisotopic (exact) mass is 360 g/mol. The molecule has 0 unspecified atom stereocenters. The van der Waals surface area contributed by atoms with Crippen LogP contribution in [0.1, 0.15) is 30.4 Å². The Morgan fingerprint density at radius 2 is 1.81 bits per heavy atom. The Kier molecular flexibility index (Phi) is 5.00. The minimum atomic E-state index is -0.277. The van der Waals surface area contributed by atoms with Crippen LogP contribution in [0.15, 0.2) is 59.7 Å². The van der Waals surface area contributed by atoms with Gasteiger partial charge >= 0.3 is 0 Å². The molecule has 4 rings (SSSR count). The van der Waals surface area contributed by atoms with Crippen LogP contribution < -0.4 is 5.43 Å². The van der Waals surface area contributed by atoms with Crippen molar-refractivity contribution in [1.29, 1.82) is 0 Å². The van der Waals surface area contributed by atoms with Crippen molar-refractivity contribution in [2.45, 2.75) is 32.2 Å². The van der Waals surface area contributed by atoms with E-state index in [0.29, 0.717) is 5.82 Å². The summed E-state index contributed by atoms with van der Waals surface area (Å²) < 4.78 is 0. The smallest absolute Gasteiger partial charge is 0.263 e. The first-order chi connectivity index (χ1) is 13.3. The summed E-state index contributed by atoms with van der Waals surface area (Å²) in [7, 11) is 0. The van der Waals surface area contributed by atoms with Crippen molar-refractivity contribution in [1.82, 2.24) is 25.6 Å². The second-order valence-electron chi connectivity index (χ2n) is 6.47. The summed E-state index contributed by atoms with van der Waals surface area (Å²) in [5.74, 6) is 0.216. The molecule has 1 aliphatic rings. The fourth-order valence-corrected chi connectivity index (χ4v) is 3.19. The zero-order valence-corrected chi connectivity index (χ0v) is 14.9. The van der Waals surface area contributed by atoms with Crippen molar-refractivity contribution in [3.8, 4) is 11.4 Å². The van der Waals surface area contributed by atoms with Gasteiger partial charge in [0.05, 0.1) is 5.71 Å². The number of tetrazole rings is 1. The number of amides is 1. The van der Waals surface area contributed by atoms with E-state index in [1.165, 1.54) is 10.4 Å². The molecule has 0 fully saturated rings. The molecular formula is C20H20N6O. The van der Waals surface area contributed by atoms with Gasteiger partial charge in [-0.3, -0.25) is 4.79 Å². The Balaban J connectivity index is 1.43. The van der Waals surface area contributed by atoms with Gasteiger partial charge in [0.2, 0.25) is 5.82 Å². The summed E-state index contributed by atoms with van der Waals surface area (Å²) >= 11 is 0. The van der Waals surface area contributed by atoms with Gasteiger partial charge in [0.1, 0.15) is 6.54 Å². The molecule has 1 amide bonds. The van der Waals surface area contributed by atoms with Gasteiger partial charge in [0.25, 0.3) is 5.91 Å². The van der Waals surface area contributed by atoms with Crippen LogP contribution in [0.25, 0.3) is 11.4 Å². The van der Waals surface area contributed by atoms with Crippen molar-refractivity contribution in [2.24, 2.45) is 5.10 Å². The topological polar surface area (TPSA) is 85.1 Å². The summed E-state index contributed by atoms with van der Waals surface area (Å²) in [5.41, 5.74) is 6.83. The van der Waals surface area contributed by atoms with E-state index in [4.69, 9.17) is 0 Å². The molecule has 0 radical (unpaired) electrons. The van der Waals surface area contributed by atoms with Gasteiger partial charge in [-0.25, -0.2) is 5.43 Å². The van der Waals surface area contributed by atoms with Gasteiger partial charge in [-0.15, -0.1) is 10.2 Å². The molecule has 0 spiro atoms. The van der Waals surface area contributed by atoms with Gasteiger partial charge < -0.3 is 0 Å². The van der Waals surface area contributed by atoms with Crippen LogP contribution in [0.4, 0.5) is 0 Å². The molecule has 136 valence electrons. The largest absolute Gasteiger partial charge is 0.271 e. The van der Waals surface area contributed by atoms with E-state index in [-0.39, 0.29) is 12.5 Å². The molecule has 0 saturated heterocycles. The third-order valence-corrected chi connectivity index (χ3v) is 4.52. The number of carbonyl (C=O) groups excluding carboxylic acids is 1. The fourth-order valence-electron chi connectivity index (χ4n) is 3.19. The van der Waals surface area contributed by atoms with Crippen molar-refractivity contribution in [2.75, 3.05) is 0 Å². The SMILES string of the molecule is O=C(Cn1nnc(-c2ccccc2)n1)N/N=C1/CCCCc2ccccc21. The summed E-state index contributed by atoms with van der Waals surface area (Å²) in [6, 6.07) is 17.8. The molecule has 1 aromatic heterocycles. The molecule has 0 bridgehead atoms. The molecule has 7 nitrogen and oxygen atoms in total. The lowest BCUT2D eigenvalue weighted by molar-refractivity contribution is -0.122. The number of rotatable bonds is 4. The van der Waals surface area contributed by atoms with Crippen molar-refractivity contribution >= 4 is 11.6 Å². The maximum atomic E-state index is 12.3. The number of hydrazone groups is 1. The van der Waals surface area contributed by atoms with Crippen LogP contribution in [-0.4, -0.2) is 31.8 Å². The zero-order chi connectivity index (χ0) is 18.5. The Hall–Kier alpha value is -3.35. The molecule has 0 aliphatic heterocycles. The molecule has 2 aromatic carbocycles. The van der Waals surface area contributed by atoms with Gasteiger partial charge in [-0.2, -0.15) is 9.90 Å². The summed E-state index contributed by atoms with van der Waals surface area (Å²) in [5, 5.41) is 16.6. The third kappa shape index (κ3) is 4.08. The van der Waals surface area contributed by atoms with Crippen molar-refractivity contribution in [3.05, 3.63) is 65.7 Å². The van der Waals surface area contributed by atoms with Crippen LogP contribution in [-0.2, 0) is 17.8 Å². The molecule has 3 aromatic rings. The lowest BCUT2D eigenvalue weighted by atomic mass is 10.0. The third-order valence-electron chi connectivity index (χ3n) is 4.52. The maximum absolute atomic E-state index is 12.3. The lowest BCUT2D eigenvalue weighted by Crippen LogP contribution is -2.26. The first-order valence-corrected chi connectivity index (χ1v) is 9.06. The molecule has 27 heavy (non-hydrogen) atoms. The number of carbonyl (C=O) groups is 1. The summed E-state index contributed by atoms with van der Waals surface area (Å²) in [6.07, 6.45) is 4.11. The van der Waals surface area contributed by atoms with Gasteiger partial charge in [-0.1, -0.05) is 54.6 Å². The number of aromatic nitrogens is 4. The highest BCUT2D eigenvalue weighted by Crippen LogP contribution is 2.20. The maximum Gasteiger partial charge on any atom is 0.263 e. The van der Waals surface area contributed by atoms with Crippen molar-refractivity contribution < 1.29 is 4.79 Å². The minimum absolute atomic E-state index is 0.0295. The predicted molar refractivity (Wildman–Crippen MR) is 102 cm³/mol. The molecule has 1 heterocycles. The van der Waals surface area contributed by atoms with Crippen LogP contribution in [0.5, 0.6) is 0 Å². The highest BCUT2D eigenvalue weighted by atomic mass is 16.2. The standard InChI is InChI=1S/C20H20N6O/c27-19(14-26-24-20(23-25-26)16-10-2-1-3-11-16)22-21-18-13-7-5-9-15-8-4-6-12-17(15)18/h1-4,6,8,10-12H,5,7,9,13-14H2,(H,22,27)/b21-18-. The average molecular weight is 360 g/mol.